The first kappa shape index (κ1) is 13.9. The van der Waals surface area contributed by atoms with Crippen LogP contribution in [0.5, 0.6) is 0 Å². The quantitative estimate of drug-likeness (QED) is 0.659. The van der Waals surface area contributed by atoms with E-state index >= 15 is 0 Å². The Kier molecular flexibility index (Phi) is 5.05. The van der Waals surface area contributed by atoms with E-state index in [9.17, 15) is 14.0 Å². The van der Waals surface area contributed by atoms with Crippen LogP contribution in [0.25, 0.3) is 0 Å². The van der Waals surface area contributed by atoms with Gasteiger partial charge in [-0.25, -0.2) is 9.18 Å². The number of benzene rings is 1. The lowest BCUT2D eigenvalue weighted by Gasteiger charge is -2.12. The number of amides is 1. The van der Waals surface area contributed by atoms with Gasteiger partial charge in [0.05, 0.1) is 0 Å². The number of carbonyl (C=O) groups is 2. The Balaban J connectivity index is 2.54. The van der Waals surface area contributed by atoms with Crippen LogP contribution in [0, 0.1) is 5.82 Å². The fraction of sp³-hybridized carbons (Fsp3) is 0.231. The van der Waals surface area contributed by atoms with Gasteiger partial charge in [-0.15, -0.1) is 0 Å². The van der Waals surface area contributed by atoms with Gasteiger partial charge in [-0.1, -0.05) is 6.08 Å². The predicted molar refractivity (Wildman–Crippen MR) is 65.4 cm³/mol. The third-order valence-electron chi connectivity index (χ3n) is 2.08. The SMILES string of the molecule is CC=CC(=O)OC(C)C(=O)Nc1ccc(F)cc1. The summed E-state index contributed by atoms with van der Waals surface area (Å²) in [6, 6.07) is 5.31. The average Bonchev–Trinajstić information content (AvgIpc) is 2.32. The van der Waals surface area contributed by atoms with Crippen LogP contribution in [0.15, 0.2) is 36.4 Å². The summed E-state index contributed by atoms with van der Waals surface area (Å²) >= 11 is 0. The molecule has 0 saturated heterocycles. The highest BCUT2D eigenvalue weighted by atomic mass is 19.1. The molecule has 1 amide bonds. The van der Waals surface area contributed by atoms with Crippen LogP contribution in [0.3, 0.4) is 0 Å². The normalized spacial score (nSPS) is 12.2. The first-order valence-corrected chi connectivity index (χ1v) is 5.42. The van der Waals surface area contributed by atoms with E-state index in [0.717, 1.165) is 0 Å². The molecule has 1 N–H and O–H groups in total. The Bertz CT molecular complexity index is 454. The molecule has 5 heteroatoms. The monoisotopic (exact) mass is 251 g/mol. The highest BCUT2D eigenvalue weighted by molar-refractivity contribution is 5.95. The summed E-state index contributed by atoms with van der Waals surface area (Å²) in [4.78, 5) is 22.7. The molecule has 0 aliphatic heterocycles. The van der Waals surface area contributed by atoms with Gasteiger partial charge in [-0.05, 0) is 38.1 Å². The van der Waals surface area contributed by atoms with Crippen molar-refractivity contribution in [1.29, 1.82) is 0 Å². The van der Waals surface area contributed by atoms with Gasteiger partial charge in [0.2, 0.25) is 0 Å². The van der Waals surface area contributed by atoms with Gasteiger partial charge in [0.1, 0.15) is 5.82 Å². The van der Waals surface area contributed by atoms with E-state index in [1.54, 1.807) is 6.92 Å². The Hall–Kier alpha value is -2.17. The lowest BCUT2D eigenvalue weighted by Crippen LogP contribution is -2.29. The molecule has 0 spiro atoms. The molecule has 1 rings (SSSR count). The second-order valence-electron chi connectivity index (χ2n) is 3.58. The fourth-order valence-corrected chi connectivity index (χ4v) is 1.18. The van der Waals surface area contributed by atoms with Gasteiger partial charge in [0.15, 0.2) is 6.10 Å². The molecule has 1 aromatic rings. The van der Waals surface area contributed by atoms with Crippen LogP contribution < -0.4 is 5.32 Å². The Morgan fingerprint density at radius 1 is 1.33 bits per heavy atom. The molecule has 0 heterocycles. The summed E-state index contributed by atoms with van der Waals surface area (Å²) < 4.78 is 17.5. The lowest BCUT2D eigenvalue weighted by molar-refractivity contribution is -0.148. The Labute approximate surface area is 104 Å². The average molecular weight is 251 g/mol. The summed E-state index contributed by atoms with van der Waals surface area (Å²) in [6.07, 6.45) is 1.83. The summed E-state index contributed by atoms with van der Waals surface area (Å²) in [5, 5.41) is 2.51. The van der Waals surface area contributed by atoms with Crippen LogP contribution in [-0.4, -0.2) is 18.0 Å². The second kappa shape index (κ2) is 6.54. The van der Waals surface area contributed by atoms with Crippen molar-refractivity contribution >= 4 is 17.6 Å². The van der Waals surface area contributed by atoms with Crippen LogP contribution in [0.4, 0.5) is 10.1 Å². The van der Waals surface area contributed by atoms with Crippen molar-refractivity contribution in [3.05, 3.63) is 42.2 Å². The van der Waals surface area contributed by atoms with Crippen molar-refractivity contribution in [2.75, 3.05) is 5.32 Å². The number of halogens is 1. The van der Waals surface area contributed by atoms with E-state index in [1.807, 2.05) is 0 Å². The standard InChI is InChI=1S/C13H14FNO3/c1-3-4-12(16)18-9(2)13(17)15-11-7-5-10(14)6-8-11/h3-9H,1-2H3,(H,15,17). The van der Waals surface area contributed by atoms with Crippen LogP contribution in [0.1, 0.15) is 13.8 Å². The van der Waals surface area contributed by atoms with Crippen molar-refractivity contribution in [1.82, 2.24) is 0 Å². The van der Waals surface area contributed by atoms with Gasteiger partial charge in [-0.3, -0.25) is 4.79 Å². The Morgan fingerprint density at radius 3 is 2.50 bits per heavy atom. The minimum Gasteiger partial charge on any atom is -0.449 e. The first-order valence-electron chi connectivity index (χ1n) is 5.42. The summed E-state index contributed by atoms with van der Waals surface area (Å²) in [5.41, 5.74) is 0.440. The molecule has 0 radical (unpaired) electrons. The molecule has 0 aliphatic carbocycles. The molecular weight excluding hydrogens is 237 g/mol. The summed E-state index contributed by atoms with van der Waals surface area (Å²) in [6.45, 7) is 3.13. The van der Waals surface area contributed by atoms with Crippen molar-refractivity contribution in [2.45, 2.75) is 20.0 Å². The zero-order valence-electron chi connectivity index (χ0n) is 10.1. The minimum atomic E-state index is -0.918. The third-order valence-corrected chi connectivity index (χ3v) is 2.08. The van der Waals surface area contributed by atoms with E-state index in [4.69, 9.17) is 4.74 Å². The fourth-order valence-electron chi connectivity index (χ4n) is 1.18. The zero-order valence-corrected chi connectivity index (χ0v) is 10.1. The molecule has 18 heavy (non-hydrogen) atoms. The number of anilines is 1. The van der Waals surface area contributed by atoms with Crippen LogP contribution >= 0.6 is 0 Å². The van der Waals surface area contributed by atoms with E-state index in [-0.39, 0.29) is 5.82 Å². The number of carbonyl (C=O) groups excluding carboxylic acids is 2. The number of hydrogen-bond acceptors (Lipinski definition) is 3. The minimum absolute atomic E-state index is 0.388. The number of rotatable bonds is 4. The second-order valence-corrected chi connectivity index (χ2v) is 3.58. The highest BCUT2D eigenvalue weighted by Gasteiger charge is 2.16. The van der Waals surface area contributed by atoms with Crippen molar-refractivity contribution < 1.29 is 18.7 Å². The molecule has 0 aromatic heterocycles. The molecule has 4 nitrogen and oxygen atoms in total. The van der Waals surface area contributed by atoms with Gasteiger partial charge >= 0.3 is 5.97 Å². The van der Waals surface area contributed by atoms with Crippen molar-refractivity contribution in [3.63, 3.8) is 0 Å². The smallest absolute Gasteiger partial charge is 0.331 e. The number of ether oxygens (including phenoxy) is 1. The molecule has 0 aliphatic rings. The summed E-state index contributed by atoms with van der Waals surface area (Å²) in [7, 11) is 0. The molecule has 1 aromatic carbocycles. The van der Waals surface area contributed by atoms with Gasteiger partial charge < -0.3 is 10.1 Å². The van der Waals surface area contributed by atoms with Crippen molar-refractivity contribution in [2.24, 2.45) is 0 Å². The number of esters is 1. The molecule has 0 fully saturated rings. The molecule has 1 unspecified atom stereocenters. The zero-order chi connectivity index (χ0) is 13.5. The van der Waals surface area contributed by atoms with E-state index < -0.39 is 18.0 Å². The molecule has 1 atom stereocenters. The maximum absolute atomic E-state index is 12.6. The first-order chi connectivity index (χ1) is 8.52. The van der Waals surface area contributed by atoms with Gasteiger partial charge in [0.25, 0.3) is 5.91 Å². The highest BCUT2D eigenvalue weighted by Crippen LogP contribution is 2.09. The maximum atomic E-state index is 12.6. The van der Waals surface area contributed by atoms with Crippen LogP contribution in [0.2, 0.25) is 0 Å². The van der Waals surface area contributed by atoms with Gasteiger partial charge in [0, 0.05) is 11.8 Å². The molecular formula is C13H14FNO3. The summed E-state index contributed by atoms with van der Waals surface area (Å²) in [5.74, 6) is -1.45. The third kappa shape index (κ3) is 4.37. The van der Waals surface area contributed by atoms with Crippen molar-refractivity contribution in [3.8, 4) is 0 Å². The van der Waals surface area contributed by atoms with Crippen LogP contribution in [-0.2, 0) is 14.3 Å². The van der Waals surface area contributed by atoms with Gasteiger partial charge in [-0.2, -0.15) is 0 Å². The molecule has 0 saturated carbocycles. The molecule has 96 valence electrons. The predicted octanol–water partition coefficient (Wildman–Crippen LogP) is 2.27. The number of hydrogen-bond donors (Lipinski definition) is 1. The lowest BCUT2D eigenvalue weighted by atomic mass is 10.3. The van der Waals surface area contributed by atoms with E-state index in [1.165, 1.54) is 43.3 Å². The van der Waals surface area contributed by atoms with E-state index in [2.05, 4.69) is 5.32 Å². The Morgan fingerprint density at radius 2 is 1.94 bits per heavy atom. The molecule has 0 bridgehead atoms. The number of nitrogens with one attached hydrogen (secondary N) is 1. The topological polar surface area (TPSA) is 55.4 Å². The van der Waals surface area contributed by atoms with E-state index in [0.29, 0.717) is 5.69 Å². The number of allylic oxidation sites excluding steroid dienone is 1. The largest absolute Gasteiger partial charge is 0.449 e. The maximum Gasteiger partial charge on any atom is 0.331 e.